The first-order chi connectivity index (χ1) is 5.98. The van der Waals surface area contributed by atoms with E-state index in [-0.39, 0.29) is 4.75 Å². The fourth-order valence-electron chi connectivity index (χ4n) is 0.764. The lowest BCUT2D eigenvalue weighted by molar-refractivity contribution is 0.650. The maximum absolute atomic E-state index is 11.4. The average molecular weight is 203 g/mol. The van der Waals surface area contributed by atoms with Gasteiger partial charge in [-0.2, -0.15) is 4.40 Å². The molecule has 0 aromatic carbocycles. The molecule has 0 radical (unpaired) electrons. The normalized spacial score (nSPS) is 15.1. The van der Waals surface area contributed by atoms with Gasteiger partial charge >= 0.3 is 0 Å². The lowest BCUT2D eigenvalue weighted by Gasteiger charge is -2.12. The van der Waals surface area contributed by atoms with Gasteiger partial charge in [0.15, 0.2) is 0 Å². The SMILES string of the molecule is CCCCC/C=N/S(=O)C(C)(C)C. The first kappa shape index (κ1) is 12.8. The third-order valence-electron chi connectivity index (χ3n) is 1.63. The van der Waals surface area contributed by atoms with Crippen molar-refractivity contribution in [3.8, 4) is 0 Å². The Bertz CT molecular complexity index is 182. The monoisotopic (exact) mass is 203 g/mol. The summed E-state index contributed by atoms with van der Waals surface area (Å²) in [6, 6.07) is 0. The Kier molecular flexibility index (Phi) is 6.21. The predicted octanol–water partition coefficient (Wildman–Crippen LogP) is 3.10. The van der Waals surface area contributed by atoms with Crippen molar-refractivity contribution in [2.75, 3.05) is 0 Å². The molecular formula is C10H21NOS. The van der Waals surface area contributed by atoms with Crippen molar-refractivity contribution in [2.24, 2.45) is 4.40 Å². The van der Waals surface area contributed by atoms with E-state index in [1.54, 1.807) is 6.21 Å². The number of hydrogen-bond donors (Lipinski definition) is 0. The molecule has 1 atom stereocenters. The van der Waals surface area contributed by atoms with Gasteiger partial charge in [0.25, 0.3) is 0 Å². The minimum Gasteiger partial charge on any atom is -0.234 e. The van der Waals surface area contributed by atoms with E-state index >= 15 is 0 Å². The molecule has 0 heterocycles. The summed E-state index contributed by atoms with van der Waals surface area (Å²) in [4.78, 5) is 0. The van der Waals surface area contributed by atoms with E-state index in [0.717, 1.165) is 12.8 Å². The number of hydrogen-bond acceptors (Lipinski definition) is 1. The fourth-order valence-corrected chi connectivity index (χ4v) is 1.32. The van der Waals surface area contributed by atoms with E-state index in [2.05, 4.69) is 11.3 Å². The lowest BCUT2D eigenvalue weighted by atomic mass is 10.2. The molecule has 0 aliphatic carbocycles. The zero-order chi connectivity index (χ0) is 10.3. The van der Waals surface area contributed by atoms with E-state index < -0.39 is 11.0 Å². The molecule has 2 nitrogen and oxygen atoms in total. The predicted molar refractivity (Wildman–Crippen MR) is 60.5 cm³/mol. The van der Waals surface area contributed by atoms with Crippen molar-refractivity contribution >= 4 is 17.2 Å². The smallest absolute Gasteiger partial charge is 0.144 e. The number of unbranched alkanes of at least 4 members (excludes halogenated alkanes) is 3. The minimum absolute atomic E-state index is 0.221. The molecule has 1 unspecified atom stereocenters. The average Bonchev–Trinajstić information content (AvgIpc) is 2.02. The Labute approximate surface area is 84.4 Å². The van der Waals surface area contributed by atoms with Crippen LogP contribution in [0.5, 0.6) is 0 Å². The van der Waals surface area contributed by atoms with Crippen LogP contribution in [0.2, 0.25) is 0 Å². The summed E-state index contributed by atoms with van der Waals surface area (Å²) in [6.07, 6.45) is 6.36. The van der Waals surface area contributed by atoms with Gasteiger partial charge < -0.3 is 0 Å². The van der Waals surface area contributed by atoms with Crippen molar-refractivity contribution in [1.29, 1.82) is 0 Å². The van der Waals surface area contributed by atoms with E-state index in [1.807, 2.05) is 20.8 Å². The summed E-state index contributed by atoms with van der Waals surface area (Å²) >= 11 is 0. The third-order valence-corrected chi connectivity index (χ3v) is 3.02. The molecular weight excluding hydrogens is 182 g/mol. The maximum Gasteiger partial charge on any atom is 0.144 e. The highest BCUT2D eigenvalue weighted by molar-refractivity contribution is 7.85. The van der Waals surface area contributed by atoms with Crippen LogP contribution in [0.4, 0.5) is 0 Å². The van der Waals surface area contributed by atoms with Crippen LogP contribution in [0.15, 0.2) is 4.40 Å². The highest BCUT2D eigenvalue weighted by Gasteiger charge is 2.17. The van der Waals surface area contributed by atoms with E-state index in [1.165, 1.54) is 12.8 Å². The van der Waals surface area contributed by atoms with Gasteiger partial charge in [0.2, 0.25) is 0 Å². The highest BCUT2D eigenvalue weighted by atomic mass is 32.2. The van der Waals surface area contributed by atoms with Crippen LogP contribution in [0, 0.1) is 0 Å². The Morgan fingerprint density at radius 1 is 1.31 bits per heavy atom. The van der Waals surface area contributed by atoms with Gasteiger partial charge in [0.05, 0.1) is 4.75 Å². The minimum atomic E-state index is -1.07. The lowest BCUT2D eigenvalue weighted by Crippen LogP contribution is -2.19. The van der Waals surface area contributed by atoms with E-state index in [4.69, 9.17) is 0 Å². The Morgan fingerprint density at radius 2 is 1.92 bits per heavy atom. The van der Waals surface area contributed by atoms with Gasteiger partial charge in [-0.15, -0.1) is 0 Å². The summed E-state index contributed by atoms with van der Waals surface area (Å²) in [7, 11) is -1.07. The standard InChI is InChI=1S/C10H21NOS/c1-5-6-7-8-9-11-13(12)10(2,3)4/h9H,5-8H2,1-4H3/b11-9+. The zero-order valence-corrected chi connectivity index (χ0v) is 9.99. The summed E-state index contributed by atoms with van der Waals surface area (Å²) in [5.41, 5.74) is 0. The topological polar surface area (TPSA) is 29.4 Å². The molecule has 0 aromatic rings. The van der Waals surface area contributed by atoms with Crippen LogP contribution < -0.4 is 0 Å². The molecule has 0 fully saturated rings. The van der Waals surface area contributed by atoms with Gasteiger partial charge in [-0.05, 0) is 33.6 Å². The highest BCUT2D eigenvalue weighted by Crippen LogP contribution is 2.11. The second kappa shape index (κ2) is 6.30. The number of nitrogens with zero attached hydrogens (tertiary/aromatic N) is 1. The summed E-state index contributed by atoms with van der Waals surface area (Å²) in [5.74, 6) is 0. The Morgan fingerprint density at radius 3 is 2.38 bits per heavy atom. The van der Waals surface area contributed by atoms with Crippen molar-refractivity contribution in [3.63, 3.8) is 0 Å². The molecule has 0 saturated carbocycles. The molecule has 13 heavy (non-hydrogen) atoms. The van der Waals surface area contributed by atoms with Crippen LogP contribution in [0.1, 0.15) is 53.4 Å². The molecule has 0 aromatic heterocycles. The van der Waals surface area contributed by atoms with Gasteiger partial charge in [-0.1, -0.05) is 19.8 Å². The molecule has 3 heteroatoms. The quantitative estimate of drug-likeness (QED) is 0.498. The van der Waals surface area contributed by atoms with Gasteiger partial charge in [-0.3, -0.25) is 0 Å². The van der Waals surface area contributed by atoms with Crippen LogP contribution in [0.25, 0.3) is 0 Å². The second-order valence-corrected chi connectivity index (χ2v) is 6.08. The summed E-state index contributed by atoms with van der Waals surface area (Å²) in [5, 5.41) is 0. The van der Waals surface area contributed by atoms with E-state index in [9.17, 15) is 4.21 Å². The molecule has 0 bridgehead atoms. The molecule has 0 rings (SSSR count). The van der Waals surface area contributed by atoms with Crippen LogP contribution in [0.3, 0.4) is 0 Å². The second-order valence-electron chi connectivity index (χ2n) is 4.15. The van der Waals surface area contributed by atoms with Crippen molar-refractivity contribution in [1.82, 2.24) is 0 Å². The molecule has 0 N–H and O–H groups in total. The van der Waals surface area contributed by atoms with E-state index in [0.29, 0.717) is 0 Å². The molecule has 0 amide bonds. The van der Waals surface area contributed by atoms with Crippen LogP contribution in [-0.2, 0) is 11.0 Å². The van der Waals surface area contributed by atoms with Crippen LogP contribution >= 0.6 is 0 Å². The number of rotatable bonds is 5. The fraction of sp³-hybridized carbons (Fsp3) is 0.900. The molecule has 0 aliphatic rings. The Balaban J connectivity index is 3.67. The van der Waals surface area contributed by atoms with Gasteiger partial charge in [-0.25, -0.2) is 4.21 Å². The van der Waals surface area contributed by atoms with Crippen LogP contribution in [-0.4, -0.2) is 15.2 Å². The summed E-state index contributed by atoms with van der Waals surface area (Å²) < 4.78 is 15.2. The Hall–Kier alpha value is -0.180. The van der Waals surface area contributed by atoms with Crippen molar-refractivity contribution < 1.29 is 4.21 Å². The zero-order valence-electron chi connectivity index (χ0n) is 9.17. The molecule has 0 spiro atoms. The molecule has 78 valence electrons. The van der Waals surface area contributed by atoms with Crippen molar-refractivity contribution in [2.45, 2.75) is 58.1 Å². The molecule has 0 aliphatic heterocycles. The van der Waals surface area contributed by atoms with Crippen molar-refractivity contribution in [3.05, 3.63) is 0 Å². The third kappa shape index (κ3) is 6.94. The van der Waals surface area contributed by atoms with Gasteiger partial charge in [0.1, 0.15) is 11.0 Å². The molecule has 0 saturated heterocycles. The largest absolute Gasteiger partial charge is 0.234 e. The maximum atomic E-state index is 11.4. The first-order valence-electron chi connectivity index (χ1n) is 4.93. The first-order valence-corrected chi connectivity index (χ1v) is 6.03. The summed E-state index contributed by atoms with van der Waals surface area (Å²) in [6.45, 7) is 7.98. The van der Waals surface area contributed by atoms with Gasteiger partial charge in [0, 0.05) is 6.21 Å².